The number of sulfonamides is 1. The molecule has 5 aromatic rings. The first-order valence-electron chi connectivity index (χ1n) is 11.7. The third kappa shape index (κ3) is 5.28. The Morgan fingerprint density at radius 2 is 1.78 bits per heavy atom. The first-order chi connectivity index (χ1) is 17.4. The number of hydrogen-bond donors (Lipinski definition) is 2. The molecule has 0 atom stereocenters. The maximum Gasteiger partial charge on any atom is 0.325 e. The Labute approximate surface area is 222 Å². The van der Waals surface area contributed by atoms with Crippen LogP contribution in [0.1, 0.15) is 6.42 Å². The number of rotatable bonds is 7. The summed E-state index contributed by atoms with van der Waals surface area (Å²) in [7, 11) is -3.36. The van der Waals surface area contributed by atoms with E-state index in [1.807, 2.05) is 36.4 Å². The summed E-state index contributed by atoms with van der Waals surface area (Å²) >= 11 is 1.64. The first-order valence-corrected chi connectivity index (χ1v) is 14.1. The maximum atomic E-state index is 12.9. The van der Waals surface area contributed by atoms with Crippen molar-refractivity contribution in [3.05, 3.63) is 59.0 Å². The monoisotopic (exact) mass is 560 g/mol. The Bertz CT molecular complexity index is 1690. The fourth-order valence-corrected chi connectivity index (χ4v) is 6.89. The van der Waals surface area contributed by atoms with Gasteiger partial charge in [0.2, 0.25) is 10.0 Å². The molecule has 0 radical (unpaired) electrons. The Balaban J connectivity index is 0.00000280. The van der Waals surface area contributed by atoms with Gasteiger partial charge in [-0.15, -0.1) is 12.4 Å². The summed E-state index contributed by atoms with van der Waals surface area (Å²) in [6.45, 7) is 2.44. The summed E-state index contributed by atoms with van der Waals surface area (Å²) in [5.74, 6) is 0.664. The minimum absolute atomic E-state index is 0. The van der Waals surface area contributed by atoms with Gasteiger partial charge in [-0.05, 0) is 42.8 Å². The molecule has 0 unspecified atom stereocenters. The molecular weight excluding hydrogens is 536 g/mol. The number of aromatic nitrogens is 4. The number of piperazine rings is 1. The average Bonchev–Trinajstić information content (AvgIpc) is 3.47. The number of hydrogen-bond acceptors (Lipinski definition) is 8. The van der Waals surface area contributed by atoms with Crippen LogP contribution in [0.15, 0.2) is 53.3 Å². The van der Waals surface area contributed by atoms with Crippen LogP contribution in [0.3, 0.4) is 0 Å². The number of fused-ring (bicyclic) bond motifs is 3. The molecule has 3 aromatic heterocycles. The fourth-order valence-electron chi connectivity index (χ4n) is 4.41. The fraction of sp³-hybridized carbons (Fsp3) is 0.292. The highest BCUT2D eigenvalue weighted by Crippen LogP contribution is 2.29. The molecule has 0 spiro atoms. The number of pyridine rings is 1. The van der Waals surface area contributed by atoms with Gasteiger partial charge in [-0.25, -0.2) is 23.2 Å². The highest BCUT2D eigenvalue weighted by atomic mass is 35.5. The molecule has 0 amide bonds. The van der Waals surface area contributed by atoms with Crippen molar-refractivity contribution < 1.29 is 13.2 Å². The van der Waals surface area contributed by atoms with Crippen molar-refractivity contribution in [3.63, 3.8) is 0 Å². The van der Waals surface area contributed by atoms with E-state index in [9.17, 15) is 13.2 Å². The van der Waals surface area contributed by atoms with Crippen LogP contribution in [-0.2, 0) is 10.0 Å². The summed E-state index contributed by atoms with van der Waals surface area (Å²) in [5.41, 5.74) is 2.54. The van der Waals surface area contributed by atoms with E-state index in [4.69, 9.17) is 4.74 Å². The van der Waals surface area contributed by atoms with Gasteiger partial charge in [0.15, 0.2) is 10.8 Å². The molecule has 4 heterocycles. The SMILES string of the molecule is Cl.O=c1[nH]c2cc3cc(OCCCS(=O)(=O)N4CCN(c5nc6ccccc6s5)CC4)ccc3nc2[nH]1. The van der Waals surface area contributed by atoms with E-state index < -0.39 is 10.0 Å². The van der Waals surface area contributed by atoms with Gasteiger partial charge >= 0.3 is 5.69 Å². The van der Waals surface area contributed by atoms with Gasteiger partial charge < -0.3 is 14.6 Å². The summed E-state index contributed by atoms with van der Waals surface area (Å²) in [5, 5.41) is 1.77. The number of anilines is 1. The molecule has 2 N–H and O–H groups in total. The molecule has 0 saturated carbocycles. The minimum Gasteiger partial charge on any atom is -0.494 e. The van der Waals surface area contributed by atoms with E-state index in [2.05, 4.69) is 30.9 Å². The van der Waals surface area contributed by atoms with Crippen LogP contribution < -0.4 is 15.3 Å². The molecular formula is C24H25ClN6O4S2. The van der Waals surface area contributed by atoms with Gasteiger partial charge in [0.05, 0.1) is 33.6 Å². The third-order valence-corrected chi connectivity index (χ3v) is 9.32. The number of ether oxygens (including phenoxy) is 1. The number of thiazole rings is 1. The molecule has 37 heavy (non-hydrogen) atoms. The van der Waals surface area contributed by atoms with E-state index in [-0.39, 0.29) is 30.5 Å². The number of nitrogens with one attached hydrogen (secondary N) is 2. The van der Waals surface area contributed by atoms with E-state index in [1.54, 1.807) is 21.7 Å². The van der Waals surface area contributed by atoms with E-state index in [0.29, 0.717) is 49.5 Å². The highest BCUT2D eigenvalue weighted by Gasteiger charge is 2.27. The van der Waals surface area contributed by atoms with Crippen LogP contribution in [0.25, 0.3) is 32.3 Å². The number of benzene rings is 2. The number of imidazole rings is 1. The Morgan fingerprint density at radius 3 is 2.59 bits per heavy atom. The maximum absolute atomic E-state index is 12.9. The third-order valence-electron chi connectivity index (χ3n) is 6.27. The lowest BCUT2D eigenvalue weighted by molar-refractivity contribution is 0.315. The Kier molecular flexibility index (Phi) is 7.08. The number of para-hydroxylation sites is 1. The molecule has 1 saturated heterocycles. The van der Waals surface area contributed by atoms with Crippen LogP contribution in [0.4, 0.5) is 5.13 Å². The second-order valence-corrected chi connectivity index (χ2v) is 11.8. The van der Waals surface area contributed by atoms with Crippen molar-refractivity contribution in [3.8, 4) is 5.75 Å². The lowest BCUT2D eigenvalue weighted by Crippen LogP contribution is -2.49. The van der Waals surface area contributed by atoms with Crippen LogP contribution in [-0.4, -0.2) is 71.2 Å². The molecule has 0 bridgehead atoms. The first kappa shape index (κ1) is 25.5. The van der Waals surface area contributed by atoms with Gasteiger partial charge in [-0.3, -0.25) is 4.98 Å². The lowest BCUT2D eigenvalue weighted by Gasteiger charge is -2.33. The van der Waals surface area contributed by atoms with Crippen molar-refractivity contribution in [1.29, 1.82) is 0 Å². The van der Waals surface area contributed by atoms with Crippen molar-refractivity contribution in [2.24, 2.45) is 0 Å². The van der Waals surface area contributed by atoms with Crippen molar-refractivity contribution in [2.45, 2.75) is 6.42 Å². The second-order valence-electron chi connectivity index (χ2n) is 8.69. The second kappa shape index (κ2) is 10.3. The van der Waals surface area contributed by atoms with Gasteiger partial charge in [-0.2, -0.15) is 4.31 Å². The van der Waals surface area contributed by atoms with Crippen LogP contribution in [0.5, 0.6) is 5.75 Å². The standard InChI is InChI=1S/C24H24N6O4S2.ClH/c31-23-26-20-15-16-14-17(6-7-18(16)25-22(20)28-23)34-12-3-13-36(32,33)30-10-8-29(9-11-30)24-27-19-4-1-2-5-21(19)35-24;/h1-2,4-7,14-15H,3,8-13H2,(H2,25,26,28,31);1H. The summed E-state index contributed by atoms with van der Waals surface area (Å²) in [6, 6.07) is 15.3. The van der Waals surface area contributed by atoms with E-state index >= 15 is 0 Å². The number of halogens is 1. The molecule has 194 valence electrons. The van der Waals surface area contributed by atoms with E-state index in [1.165, 1.54) is 0 Å². The zero-order valence-corrected chi connectivity index (χ0v) is 22.2. The van der Waals surface area contributed by atoms with Crippen molar-refractivity contribution in [1.82, 2.24) is 24.2 Å². The normalized spacial score (nSPS) is 14.9. The van der Waals surface area contributed by atoms with Gasteiger partial charge in [0.1, 0.15) is 5.75 Å². The van der Waals surface area contributed by atoms with Gasteiger partial charge in [-0.1, -0.05) is 23.5 Å². The van der Waals surface area contributed by atoms with Crippen LogP contribution in [0, 0.1) is 0 Å². The summed E-state index contributed by atoms with van der Waals surface area (Å²) < 4.78 is 34.3. The topological polar surface area (TPSA) is 124 Å². The molecule has 10 nitrogen and oxygen atoms in total. The van der Waals surface area contributed by atoms with Crippen LogP contribution >= 0.6 is 23.7 Å². The Morgan fingerprint density at radius 1 is 0.973 bits per heavy atom. The zero-order valence-electron chi connectivity index (χ0n) is 19.7. The number of aromatic amines is 2. The van der Waals surface area contributed by atoms with Crippen LogP contribution in [0.2, 0.25) is 0 Å². The molecule has 6 rings (SSSR count). The minimum atomic E-state index is -3.36. The van der Waals surface area contributed by atoms with E-state index in [0.717, 1.165) is 26.3 Å². The van der Waals surface area contributed by atoms with Gasteiger partial charge in [0.25, 0.3) is 0 Å². The van der Waals surface area contributed by atoms with Gasteiger partial charge in [0, 0.05) is 31.6 Å². The molecule has 1 aliphatic heterocycles. The molecule has 1 fully saturated rings. The molecule has 1 aliphatic rings. The molecule has 2 aromatic carbocycles. The Hall–Kier alpha value is -3.19. The molecule has 13 heteroatoms. The zero-order chi connectivity index (χ0) is 24.7. The predicted octanol–water partition coefficient (Wildman–Crippen LogP) is 3.36. The predicted molar refractivity (Wildman–Crippen MR) is 149 cm³/mol. The largest absolute Gasteiger partial charge is 0.494 e. The summed E-state index contributed by atoms with van der Waals surface area (Å²) in [6.07, 6.45) is 0.390. The quantitative estimate of drug-likeness (QED) is 0.292. The average molecular weight is 561 g/mol. The van der Waals surface area contributed by atoms with Crippen molar-refractivity contribution >= 4 is 71.2 Å². The summed E-state index contributed by atoms with van der Waals surface area (Å²) in [4.78, 5) is 28.1. The molecule has 0 aliphatic carbocycles. The smallest absolute Gasteiger partial charge is 0.325 e. The number of nitrogens with zero attached hydrogens (tertiary/aromatic N) is 4. The highest BCUT2D eigenvalue weighted by molar-refractivity contribution is 7.89. The van der Waals surface area contributed by atoms with Crippen molar-refractivity contribution in [2.75, 3.05) is 43.4 Å². The number of H-pyrrole nitrogens is 2. The lowest BCUT2D eigenvalue weighted by atomic mass is 10.2.